The Bertz CT molecular complexity index is 177. The zero-order chi connectivity index (χ0) is 7.56. The van der Waals surface area contributed by atoms with Gasteiger partial charge in [-0.2, -0.15) is 0 Å². The number of allylic oxidation sites excluding steroid dienone is 2. The van der Waals surface area contributed by atoms with Gasteiger partial charge in [0.05, 0.1) is 0 Å². The molecule has 0 spiro atoms. The van der Waals surface area contributed by atoms with Gasteiger partial charge in [-0.25, -0.2) is 0 Å². The van der Waals surface area contributed by atoms with Gasteiger partial charge in [-0.3, -0.25) is 0 Å². The van der Waals surface area contributed by atoms with E-state index in [9.17, 15) is 0 Å². The number of hydrogen-bond donors (Lipinski definition) is 0. The molecule has 0 saturated carbocycles. The Morgan fingerprint density at radius 1 is 1.50 bits per heavy atom. The van der Waals surface area contributed by atoms with Gasteiger partial charge in [-0.1, -0.05) is 19.1 Å². The minimum Gasteiger partial charge on any atom is -0.126 e. The van der Waals surface area contributed by atoms with Crippen LogP contribution in [0.3, 0.4) is 0 Å². The zero-order valence-corrected chi connectivity index (χ0v) is 7.55. The van der Waals surface area contributed by atoms with E-state index in [2.05, 4.69) is 20.4 Å². The van der Waals surface area contributed by atoms with Crippen molar-refractivity contribution in [1.82, 2.24) is 0 Å². The quantitative estimate of drug-likeness (QED) is 0.587. The largest absolute Gasteiger partial charge is 0.126 e. The first-order valence-electron chi connectivity index (χ1n) is 3.76. The van der Waals surface area contributed by atoms with Crippen LogP contribution in [-0.2, 0) is 0 Å². The summed E-state index contributed by atoms with van der Waals surface area (Å²) >= 11 is 1.94. The molecule has 0 N–H and O–H groups in total. The maximum Gasteiger partial charge on any atom is 0.00874 e. The van der Waals surface area contributed by atoms with E-state index in [1.165, 1.54) is 34.6 Å². The molecule has 0 fully saturated rings. The Kier molecular flexibility index (Phi) is 2.61. The van der Waals surface area contributed by atoms with Crippen LogP contribution in [0, 0.1) is 0 Å². The molecule has 10 heavy (non-hydrogen) atoms. The van der Waals surface area contributed by atoms with Crippen LogP contribution in [0.5, 0.6) is 0 Å². The van der Waals surface area contributed by atoms with E-state index in [1.54, 1.807) is 0 Å². The summed E-state index contributed by atoms with van der Waals surface area (Å²) in [5.74, 6) is 1.17. The predicted molar refractivity (Wildman–Crippen MR) is 49.2 cm³/mol. The highest BCUT2D eigenvalue weighted by atomic mass is 32.2. The summed E-state index contributed by atoms with van der Waals surface area (Å²) in [7, 11) is 0. The summed E-state index contributed by atoms with van der Waals surface area (Å²) in [6, 6.07) is 0. The van der Waals surface area contributed by atoms with E-state index in [-0.39, 0.29) is 0 Å². The van der Waals surface area contributed by atoms with Crippen LogP contribution >= 0.6 is 11.8 Å². The Morgan fingerprint density at radius 3 is 2.60 bits per heavy atom. The van der Waals surface area contributed by atoms with E-state index < -0.39 is 0 Å². The molecule has 0 nitrogen and oxygen atoms in total. The molecule has 56 valence electrons. The molecule has 1 aliphatic rings. The van der Waals surface area contributed by atoms with Gasteiger partial charge < -0.3 is 0 Å². The van der Waals surface area contributed by atoms with Crippen molar-refractivity contribution in [3.63, 3.8) is 0 Å². The lowest BCUT2D eigenvalue weighted by Gasteiger charge is -2.01. The van der Waals surface area contributed by atoms with Crippen molar-refractivity contribution >= 4 is 11.8 Å². The molecule has 0 radical (unpaired) electrons. The average molecular weight is 154 g/mol. The lowest BCUT2D eigenvalue weighted by molar-refractivity contribution is 1.01. The lowest BCUT2D eigenvalue weighted by Crippen LogP contribution is -1.77. The molecule has 0 bridgehead atoms. The smallest absolute Gasteiger partial charge is 0.00874 e. The summed E-state index contributed by atoms with van der Waals surface area (Å²) in [5, 5.41) is 0. The molecule has 0 heterocycles. The van der Waals surface area contributed by atoms with Crippen molar-refractivity contribution in [3.8, 4) is 0 Å². The maximum absolute atomic E-state index is 4.03. The standard InChI is InChI=1S/C9H14S/c1-4-10-9-7(2)5-6-8(9)3/h2,4-6H2,1,3H3. The first-order chi connectivity index (χ1) is 4.75. The summed E-state index contributed by atoms with van der Waals surface area (Å²) in [5.41, 5.74) is 2.89. The molecule has 0 aromatic heterocycles. The molecule has 0 saturated heterocycles. The van der Waals surface area contributed by atoms with Crippen molar-refractivity contribution in [2.24, 2.45) is 0 Å². The van der Waals surface area contributed by atoms with Crippen LogP contribution in [0.4, 0.5) is 0 Å². The molecule has 0 aliphatic heterocycles. The lowest BCUT2D eigenvalue weighted by atomic mass is 10.2. The minimum absolute atomic E-state index is 1.17. The molecular weight excluding hydrogens is 140 g/mol. The van der Waals surface area contributed by atoms with Crippen LogP contribution in [-0.4, -0.2) is 5.75 Å². The van der Waals surface area contributed by atoms with Gasteiger partial charge in [0.15, 0.2) is 0 Å². The first-order valence-corrected chi connectivity index (χ1v) is 4.75. The van der Waals surface area contributed by atoms with Crippen LogP contribution in [0.25, 0.3) is 0 Å². The first kappa shape index (κ1) is 7.93. The molecule has 1 heteroatoms. The van der Waals surface area contributed by atoms with Crippen LogP contribution < -0.4 is 0 Å². The fourth-order valence-corrected chi connectivity index (χ4v) is 2.18. The van der Waals surface area contributed by atoms with Gasteiger partial charge in [-0.05, 0) is 31.1 Å². The Labute approximate surface area is 67.4 Å². The highest BCUT2D eigenvalue weighted by Gasteiger charge is 2.13. The van der Waals surface area contributed by atoms with Gasteiger partial charge in [0.25, 0.3) is 0 Å². The highest BCUT2D eigenvalue weighted by Crippen LogP contribution is 2.37. The van der Waals surface area contributed by atoms with Crippen LogP contribution in [0.1, 0.15) is 26.7 Å². The summed E-state index contributed by atoms with van der Waals surface area (Å²) in [6.45, 7) is 8.44. The highest BCUT2D eigenvalue weighted by molar-refractivity contribution is 8.03. The van der Waals surface area contributed by atoms with E-state index in [0.29, 0.717) is 0 Å². The fraction of sp³-hybridized carbons (Fsp3) is 0.556. The SMILES string of the molecule is C=C1CCC(C)=C1SCC. The Morgan fingerprint density at radius 2 is 2.20 bits per heavy atom. The van der Waals surface area contributed by atoms with E-state index in [1.807, 2.05) is 11.8 Å². The monoisotopic (exact) mass is 154 g/mol. The molecular formula is C9H14S. The van der Waals surface area contributed by atoms with Crippen LogP contribution in [0.2, 0.25) is 0 Å². The third-order valence-electron chi connectivity index (χ3n) is 1.80. The second-order valence-corrected chi connectivity index (χ2v) is 3.92. The fourth-order valence-electron chi connectivity index (χ4n) is 1.24. The third-order valence-corrected chi connectivity index (χ3v) is 3.01. The second kappa shape index (κ2) is 3.29. The molecule has 0 amide bonds. The third kappa shape index (κ3) is 1.46. The van der Waals surface area contributed by atoms with Crippen molar-refractivity contribution in [1.29, 1.82) is 0 Å². The Hall–Kier alpha value is -0.170. The van der Waals surface area contributed by atoms with Crippen molar-refractivity contribution in [3.05, 3.63) is 22.6 Å². The molecule has 1 rings (SSSR count). The number of thioether (sulfide) groups is 1. The van der Waals surface area contributed by atoms with Gasteiger partial charge in [0, 0.05) is 4.91 Å². The zero-order valence-electron chi connectivity index (χ0n) is 6.74. The maximum atomic E-state index is 4.03. The van der Waals surface area contributed by atoms with Crippen molar-refractivity contribution in [2.75, 3.05) is 5.75 Å². The number of hydrogen-bond acceptors (Lipinski definition) is 1. The number of rotatable bonds is 2. The van der Waals surface area contributed by atoms with Crippen molar-refractivity contribution < 1.29 is 0 Å². The van der Waals surface area contributed by atoms with Gasteiger partial charge in [0.1, 0.15) is 0 Å². The minimum atomic E-state index is 1.17. The van der Waals surface area contributed by atoms with Gasteiger partial charge in [0.2, 0.25) is 0 Å². The molecule has 0 aromatic rings. The van der Waals surface area contributed by atoms with E-state index in [4.69, 9.17) is 0 Å². The predicted octanol–water partition coefficient (Wildman–Crippen LogP) is 3.36. The molecule has 0 aromatic carbocycles. The average Bonchev–Trinajstić information content (AvgIpc) is 2.20. The van der Waals surface area contributed by atoms with Crippen LogP contribution in [0.15, 0.2) is 22.6 Å². The molecule has 0 atom stereocenters. The van der Waals surface area contributed by atoms with Gasteiger partial charge >= 0.3 is 0 Å². The summed E-state index contributed by atoms with van der Waals surface area (Å²) in [4.78, 5) is 1.47. The van der Waals surface area contributed by atoms with Crippen molar-refractivity contribution in [2.45, 2.75) is 26.7 Å². The topological polar surface area (TPSA) is 0 Å². The summed E-state index contributed by atoms with van der Waals surface area (Å²) < 4.78 is 0. The second-order valence-electron chi connectivity index (χ2n) is 2.65. The molecule has 1 aliphatic carbocycles. The van der Waals surface area contributed by atoms with Gasteiger partial charge in [-0.15, -0.1) is 11.8 Å². The van der Waals surface area contributed by atoms with E-state index >= 15 is 0 Å². The Balaban J connectivity index is 2.68. The normalized spacial score (nSPS) is 18.8. The summed E-state index contributed by atoms with van der Waals surface area (Å²) in [6.07, 6.45) is 2.43. The molecule has 0 unspecified atom stereocenters. The van der Waals surface area contributed by atoms with E-state index in [0.717, 1.165) is 0 Å².